The van der Waals surface area contributed by atoms with Gasteiger partial charge in [0, 0.05) is 0 Å². The zero-order chi connectivity index (χ0) is 27.0. The number of benzene rings is 3. The maximum Gasteiger partial charge on any atom is 0.125 e. The Hall–Kier alpha value is -2.78. The summed E-state index contributed by atoms with van der Waals surface area (Å²) < 4.78 is 18.0. The SMILES string of the molecule is Cc1ccc([C@@H]2O[C@H](CO)[C@@H](O)[C@H](O)[C@H]2O)cc1Cc1ccc(OCC2(C)OCc3c(C)cccc32)cc1. The van der Waals surface area contributed by atoms with Crippen LogP contribution in [-0.2, 0) is 28.1 Å². The Bertz CT molecular complexity index is 1270. The van der Waals surface area contributed by atoms with Gasteiger partial charge in [0.1, 0.15) is 48.5 Å². The maximum absolute atomic E-state index is 10.5. The van der Waals surface area contributed by atoms with Crippen LogP contribution in [0.3, 0.4) is 0 Å². The van der Waals surface area contributed by atoms with Gasteiger partial charge in [-0.05, 0) is 78.3 Å². The van der Waals surface area contributed by atoms with Crippen LogP contribution < -0.4 is 4.74 Å². The van der Waals surface area contributed by atoms with Crippen molar-refractivity contribution in [3.63, 3.8) is 0 Å². The van der Waals surface area contributed by atoms with E-state index in [0.29, 0.717) is 25.2 Å². The second-order valence-corrected chi connectivity index (χ2v) is 10.7. The lowest BCUT2D eigenvalue weighted by molar-refractivity contribution is -0.231. The highest BCUT2D eigenvalue weighted by Crippen LogP contribution is 2.38. The number of aliphatic hydroxyl groups excluding tert-OH is 4. The fraction of sp³-hybridized carbons (Fsp3) is 0.419. The smallest absolute Gasteiger partial charge is 0.125 e. The Morgan fingerprint density at radius 1 is 0.921 bits per heavy atom. The molecule has 7 nitrogen and oxygen atoms in total. The molecule has 0 bridgehead atoms. The molecule has 0 aliphatic carbocycles. The third-order valence-electron chi connectivity index (χ3n) is 7.94. The van der Waals surface area contributed by atoms with E-state index in [1.54, 1.807) is 0 Å². The molecule has 0 saturated carbocycles. The summed E-state index contributed by atoms with van der Waals surface area (Å²) in [6.07, 6.45) is -5.22. The van der Waals surface area contributed by atoms with Crippen molar-refractivity contribution in [1.82, 2.24) is 0 Å². The van der Waals surface area contributed by atoms with Crippen LogP contribution in [0.2, 0.25) is 0 Å². The molecule has 7 heteroatoms. The number of aryl methyl sites for hydroxylation is 2. The van der Waals surface area contributed by atoms with Crippen molar-refractivity contribution in [3.8, 4) is 5.75 Å². The van der Waals surface area contributed by atoms with Gasteiger partial charge in [0.2, 0.25) is 0 Å². The van der Waals surface area contributed by atoms with Crippen molar-refractivity contribution in [3.05, 3.63) is 99.6 Å². The first-order valence-electron chi connectivity index (χ1n) is 13.0. The first kappa shape index (κ1) is 26.8. The molecular formula is C31H36O7. The van der Waals surface area contributed by atoms with Crippen LogP contribution in [0.25, 0.3) is 0 Å². The van der Waals surface area contributed by atoms with Gasteiger partial charge in [-0.15, -0.1) is 0 Å². The van der Waals surface area contributed by atoms with Crippen molar-refractivity contribution in [2.75, 3.05) is 13.2 Å². The average Bonchev–Trinajstić information content (AvgIpc) is 3.26. The normalized spacial score (nSPS) is 28.8. The lowest BCUT2D eigenvalue weighted by Crippen LogP contribution is -2.55. The molecule has 3 aromatic carbocycles. The summed E-state index contributed by atoms with van der Waals surface area (Å²) in [7, 11) is 0. The Kier molecular flexibility index (Phi) is 7.60. The van der Waals surface area contributed by atoms with E-state index in [0.717, 1.165) is 22.4 Å². The minimum Gasteiger partial charge on any atom is -0.490 e. The van der Waals surface area contributed by atoms with Gasteiger partial charge in [-0.25, -0.2) is 0 Å². The number of aliphatic hydroxyl groups is 4. The van der Waals surface area contributed by atoms with Gasteiger partial charge in [0.05, 0.1) is 13.2 Å². The van der Waals surface area contributed by atoms with Crippen molar-refractivity contribution in [2.45, 2.75) is 69.9 Å². The molecule has 202 valence electrons. The number of hydrogen-bond acceptors (Lipinski definition) is 7. The topological polar surface area (TPSA) is 109 Å². The molecule has 2 aliphatic rings. The predicted octanol–water partition coefficient (Wildman–Crippen LogP) is 3.23. The molecule has 1 saturated heterocycles. The first-order chi connectivity index (χ1) is 18.2. The summed E-state index contributed by atoms with van der Waals surface area (Å²) in [4.78, 5) is 0. The van der Waals surface area contributed by atoms with Gasteiger partial charge in [-0.2, -0.15) is 0 Å². The molecule has 4 N–H and O–H groups in total. The molecule has 1 unspecified atom stereocenters. The molecule has 1 fully saturated rings. The second-order valence-electron chi connectivity index (χ2n) is 10.7. The zero-order valence-electron chi connectivity index (χ0n) is 22.0. The van der Waals surface area contributed by atoms with Crippen LogP contribution in [0, 0.1) is 13.8 Å². The predicted molar refractivity (Wildman–Crippen MR) is 142 cm³/mol. The van der Waals surface area contributed by atoms with Crippen molar-refractivity contribution in [1.29, 1.82) is 0 Å². The molecule has 2 aliphatic heterocycles. The van der Waals surface area contributed by atoms with Crippen LogP contribution in [0.1, 0.15) is 52.0 Å². The summed E-state index contributed by atoms with van der Waals surface area (Å²) >= 11 is 0. The van der Waals surface area contributed by atoms with Gasteiger partial charge >= 0.3 is 0 Å². The number of hydrogen-bond donors (Lipinski definition) is 4. The summed E-state index contributed by atoms with van der Waals surface area (Å²) in [6, 6.07) is 20.0. The van der Waals surface area contributed by atoms with Crippen LogP contribution >= 0.6 is 0 Å². The molecule has 5 rings (SSSR count). The Labute approximate surface area is 223 Å². The van der Waals surface area contributed by atoms with Gasteiger partial charge in [0.15, 0.2) is 0 Å². The Balaban J connectivity index is 1.26. The van der Waals surface area contributed by atoms with Gasteiger partial charge in [-0.1, -0.05) is 48.5 Å². The monoisotopic (exact) mass is 520 g/mol. The fourth-order valence-corrected chi connectivity index (χ4v) is 5.40. The highest BCUT2D eigenvalue weighted by atomic mass is 16.6. The summed E-state index contributed by atoms with van der Waals surface area (Å²) in [6.45, 7) is 6.76. The van der Waals surface area contributed by atoms with E-state index in [1.807, 2.05) is 49.4 Å². The summed E-state index contributed by atoms with van der Waals surface area (Å²) in [5.74, 6) is 0.770. The lowest BCUT2D eigenvalue weighted by atomic mass is 9.89. The van der Waals surface area contributed by atoms with Crippen molar-refractivity contribution < 1.29 is 34.6 Å². The van der Waals surface area contributed by atoms with Gasteiger partial charge in [-0.3, -0.25) is 0 Å². The third kappa shape index (κ3) is 5.10. The number of rotatable bonds is 7. The molecule has 2 heterocycles. The highest BCUT2D eigenvalue weighted by molar-refractivity contribution is 5.41. The van der Waals surface area contributed by atoms with E-state index < -0.39 is 42.7 Å². The minimum absolute atomic E-state index is 0.420. The highest BCUT2D eigenvalue weighted by Gasteiger charge is 2.44. The van der Waals surface area contributed by atoms with E-state index in [-0.39, 0.29) is 0 Å². The second kappa shape index (κ2) is 10.8. The van der Waals surface area contributed by atoms with Crippen LogP contribution in [-0.4, -0.2) is 58.1 Å². The molecule has 0 spiro atoms. The molecule has 0 amide bonds. The fourth-order valence-electron chi connectivity index (χ4n) is 5.40. The van der Waals surface area contributed by atoms with E-state index in [1.165, 1.54) is 16.7 Å². The standard InChI is InChI=1S/C31H36O7/c1-18-7-10-21(30-29(35)28(34)27(33)26(15-32)38-30)14-22(18)13-20-8-11-23(12-9-20)36-17-31(3)25-6-4-5-19(2)24(25)16-37-31/h4-12,14,26-30,32-35H,13,15-17H2,1-3H3/t26-,27-,28+,29-,30+,31?/m1/s1. The maximum atomic E-state index is 10.5. The quantitative estimate of drug-likeness (QED) is 0.379. The van der Waals surface area contributed by atoms with Crippen LogP contribution in [0.4, 0.5) is 0 Å². The van der Waals surface area contributed by atoms with E-state index in [2.05, 4.69) is 32.0 Å². The molecule has 0 radical (unpaired) electrons. The molecule has 38 heavy (non-hydrogen) atoms. The first-order valence-corrected chi connectivity index (χ1v) is 13.0. The third-order valence-corrected chi connectivity index (χ3v) is 7.94. The summed E-state index contributed by atoms with van der Waals surface area (Å²) in [5.41, 5.74) is 7.09. The molecular weight excluding hydrogens is 484 g/mol. The molecule has 6 atom stereocenters. The van der Waals surface area contributed by atoms with Crippen LogP contribution in [0.15, 0.2) is 60.7 Å². The van der Waals surface area contributed by atoms with E-state index in [9.17, 15) is 20.4 Å². The van der Waals surface area contributed by atoms with Crippen molar-refractivity contribution in [2.24, 2.45) is 0 Å². The van der Waals surface area contributed by atoms with Crippen molar-refractivity contribution >= 4 is 0 Å². The number of ether oxygens (including phenoxy) is 3. The van der Waals surface area contributed by atoms with Gasteiger partial charge in [0.25, 0.3) is 0 Å². The molecule has 3 aromatic rings. The zero-order valence-corrected chi connectivity index (χ0v) is 22.0. The Morgan fingerprint density at radius 2 is 1.68 bits per heavy atom. The molecule has 0 aromatic heterocycles. The average molecular weight is 521 g/mol. The minimum atomic E-state index is -1.41. The van der Waals surface area contributed by atoms with Crippen LogP contribution in [0.5, 0.6) is 5.75 Å². The number of fused-ring (bicyclic) bond motifs is 1. The summed E-state index contributed by atoms with van der Waals surface area (Å²) in [5, 5.41) is 40.3. The van der Waals surface area contributed by atoms with Gasteiger partial charge < -0.3 is 34.6 Å². The largest absolute Gasteiger partial charge is 0.490 e. The van der Waals surface area contributed by atoms with E-state index in [4.69, 9.17) is 14.2 Å². The Morgan fingerprint density at radius 3 is 2.42 bits per heavy atom. The van der Waals surface area contributed by atoms with E-state index >= 15 is 0 Å². The lowest BCUT2D eigenvalue weighted by Gasteiger charge is -2.40.